The number of benzene rings is 1. The van der Waals surface area contributed by atoms with Crippen molar-refractivity contribution in [2.24, 2.45) is 5.92 Å². The van der Waals surface area contributed by atoms with E-state index in [1.54, 1.807) is 11.9 Å². The van der Waals surface area contributed by atoms with Crippen LogP contribution in [0.5, 0.6) is 0 Å². The number of fused-ring (bicyclic) bond motifs is 2. The highest BCUT2D eigenvalue weighted by molar-refractivity contribution is 5.94. The summed E-state index contributed by atoms with van der Waals surface area (Å²) >= 11 is 0. The molecule has 5 heteroatoms. The van der Waals surface area contributed by atoms with E-state index in [9.17, 15) is 14.7 Å². The molecule has 3 rings (SSSR count). The van der Waals surface area contributed by atoms with Gasteiger partial charge >= 0.3 is 5.97 Å². The number of para-hydroxylation sites is 1. The van der Waals surface area contributed by atoms with Crippen molar-refractivity contribution in [2.75, 3.05) is 18.5 Å². The van der Waals surface area contributed by atoms with Gasteiger partial charge in [-0.2, -0.15) is 0 Å². The average molecular weight is 288 g/mol. The Kier molecular flexibility index (Phi) is 3.68. The summed E-state index contributed by atoms with van der Waals surface area (Å²) in [6.07, 6.45) is 2.59. The SMILES string of the molecule is CN(C(=O)CN1C2CCC1C(C(=O)O)C2)c1ccccc1. The molecule has 0 aromatic heterocycles. The first-order chi connectivity index (χ1) is 10.1. The molecule has 0 saturated carbocycles. The molecule has 21 heavy (non-hydrogen) atoms. The Hall–Kier alpha value is -1.88. The highest BCUT2D eigenvalue weighted by Crippen LogP contribution is 2.41. The molecule has 0 spiro atoms. The van der Waals surface area contributed by atoms with Crippen LogP contribution in [0.15, 0.2) is 30.3 Å². The number of carboxylic acids is 1. The number of anilines is 1. The molecule has 112 valence electrons. The predicted molar refractivity (Wildman–Crippen MR) is 79.1 cm³/mol. The van der Waals surface area contributed by atoms with Gasteiger partial charge in [-0.1, -0.05) is 18.2 Å². The molecule has 1 amide bonds. The van der Waals surface area contributed by atoms with Gasteiger partial charge in [-0.3, -0.25) is 14.5 Å². The maximum absolute atomic E-state index is 12.4. The summed E-state index contributed by atoms with van der Waals surface area (Å²) in [5, 5.41) is 9.25. The largest absolute Gasteiger partial charge is 0.481 e. The van der Waals surface area contributed by atoms with Gasteiger partial charge in [0.1, 0.15) is 0 Å². The Morgan fingerprint density at radius 1 is 1.29 bits per heavy atom. The van der Waals surface area contributed by atoms with E-state index in [2.05, 4.69) is 4.90 Å². The van der Waals surface area contributed by atoms with Gasteiger partial charge in [-0.25, -0.2) is 0 Å². The monoisotopic (exact) mass is 288 g/mol. The van der Waals surface area contributed by atoms with E-state index in [4.69, 9.17) is 0 Å². The van der Waals surface area contributed by atoms with Crippen LogP contribution < -0.4 is 4.90 Å². The van der Waals surface area contributed by atoms with E-state index in [1.807, 2.05) is 30.3 Å². The zero-order valence-corrected chi connectivity index (χ0v) is 12.1. The summed E-state index contributed by atoms with van der Waals surface area (Å²) in [5.41, 5.74) is 0.865. The highest BCUT2D eigenvalue weighted by Gasteiger charge is 2.49. The van der Waals surface area contributed by atoms with Crippen molar-refractivity contribution < 1.29 is 14.7 Å². The van der Waals surface area contributed by atoms with Crippen LogP contribution in [-0.4, -0.2) is 47.6 Å². The summed E-state index contributed by atoms with van der Waals surface area (Å²) in [5.74, 6) is -1.02. The average Bonchev–Trinajstić information content (AvgIpc) is 3.04. The van der Waals surface area contributed by atoms with Gasteiger partial charge in [0.15, 0.2) is 0 Å². The van der Waals surface area contributed by atoms with Crippen LogP contribution in [0.1, 0.15) is 19.3 Å². The second kappa shape index (κ2) is 5.48. The van der Waals surface area contributed by atoms with E-state index in [-0.39, 0.29) is 23.9 Å². The molecule has 2 heterocycles. The summed E-state index contributed by atoms with van der Waals surface area (Å²) in [6, 6.07) is 9.80. The summed E-state index contributed by atoms with van der Waals surface area (Å²) in [6.45, 7) is 0.310. The van der Waals surface area contributed by atoms with Crippen molar-refractivity contribution >= 4 is 17.6 Å². The first kappa shape index (κ1) is 14.1. The minimum Gasteiger partial charge on any atom is -0.481 e. The van der Waals surface area contributed by atoms with Crippen LogP contribution in [0.3, 0.4) is 0 Å². The molecule has 2 fully saturated rings. The number of carboxylic acid groups (broad SMARTS) is 1. The molecular formula is C16H20N2O3. The fourth-order valence-electron chi connectivity index (χ4n) is 3.67. The Morgan fingerprint density at radius 2 is 2.00 bits per heavy atom. The Bertz CT molecular complexity index is 546. The van der Waals surface area contributed by atoms with E-state index in [0.717, 1.165) is 18.5 Å². The number of nitrogens with zero attached hydrogens (tertiary/aromatic N) is 2. The topological polar surface area (TPSA) is 60.9 Å². The molecule has 0 radical (unpaired) electrons. The van der Waals surface area contributed by atoms with E-state index < -0.39 is 5.97 Å². The van der Waals surface area contributed by atoms with Crippen molar-refractivity contribution in [2.45, 2.75) is 31.3 Å². The predicted octanol–water partition coefficient (Wildman–Crippen LogP) is 1.59. The summed E-state index contributed by atoms with van der Waals surface area (Å²) in [7, 11) is 1.77. The van der Waals surface area contributed by atoms with E-state index >= 15 is 0 Å². The third-order valence-electron chi connectivity index (χ3n) is 4.83. The van der Waals surface area contributed by atoms with Crippen molar-refractivity contribution in [1.29, 1.82) is 0 Å². The lowest BCUT2D eigenvalue weighted by molar-refractivity contribution is -0.142. The van der Waals surface area contributed by atoms with E-state index in [1.165, 1.54) is 0 Å². The molecule has 2 saturated heterocycles. The first-order valence-electron chi connectivity index (χ1n) is 7.38. The number of likely N-dealkylation sites (N-methyl/N-ethyl adjacent to an activating group) is 1. The van der Waals surface area contributed by atoms with Crippen LogP contribution >= 0.6 is 0 Å². The van der Waals surface area contributed by atoms with Crippen LogP contribution in [0.2, 0.25) is 0 Å². The number of hydrogen-bond donors (Lipinski definition) is 1. The van der Waals surface area contributed by atoms with Crippen LogP contribution in [0.25, 0.3) is 0 Å². The number of carbonyl (C=O) groups excluding carboxylic acids is 1. The van der Waals surface area contributed by atoms with Crippen molar-refractivity contribution in [3.05, 3.63) is 30.3 Å². The second-order valence-electron chi connectivity index (χ2n) is 5.94. The summed E-state index contributed by atoms with van der Waals surface area (Å²) < 4.78 is 0. The quantitative estimate of drug-likeness (QED) is 0.914. The molecule has 2 aliphatic rings. The smallest absolute Gasteiger partial charge is 0.308 e. The van der Waals surface area contributed by atoms with Crippen molar-refractivity contribution in [3.8, 4) is 0 Å². The zero-order chi connectivity index (χ0) is 15.0. The van der Waals surface area contributed by atoms with Crippen molar-refractivity contribution in [1.82, 2.24) is 4.90 Å². The lowest BCUT2D eigenvalue weighted by Gasteiger charge is -2.25. The molecule has 3 atom stereocenters. The maximum atomic E-state index is 12.4. The van der Waals surface area contributed by atoms with Gasteiger partial charge in [0, 0.05) is 24.8 Å². The molecule has 0 aliphatic carbocycles. The number of amides is 1. The Balaban J connectivity index is 1.67. The number of aliphatic carboxylic acids is 1. The van der Waals surface area contributed by atoms with Gasteiger partial charge in [0.2, 0.25) is 5.91 Å². The Morgan fingerprint density at radius 3 is 2.62 bits per heavy atom. The van der Waals surface area contributed by atoms with E-state index in [0.29, 0.717) is 13.0 Å². The van der Waals surface area contributed by atoms with Gasteiger partial charge < -0.3 is 10.0 Å². The minimum atomic E-state index is -0.726. The summed E-state index contributed by atoms with van der Waals surface area (Å²) in [4.78, 5) is 27.4. The standard InChI is InChI=1S/C16H20N2O3/c1-17(11-5-3-2-4-6-11)15(19)10-18-12-7-8-14(18)13(9-12)16(20)21/h2-6,12-14H,7-10H2,1H3,(H,20,21). The van der Waals surface area contributed by atoms with Gasteiger partial charge in [0.25, 0.3) is 0 Å². The van der Waals surface area contributed by atoms with Crippen LogP contribution in [0.4, 0.5) is 5.69 Å². The van der Waals surface area contributed by atoms with Crippen LogP contribution in [0, 0.1) is 5.92 Å². The molecule has 3 unspecified atom stereocenters. The van der Waals surface area contributed by atoms with Crippen LogP contribution in [-0.2, 0) is 9.59 Å². The lowest BCUT2D eigenvalue weighted by atomic mass is 9.89. The molecule has 2 bridgehead atoms. The van der Waals surface area contributed by atoms with Gasteiger partial charge in [0.05, 0.1) is 12.5 Å². The van der Waals surface area contributed by atoms with Gasteiger partial charge in [-0.15, -0.1) is 0 Å². The third-order valence-corrected chi connectivity index (χ3v) is 4.83. The highest BCUT2D eigenvalue weighted by atomic mass is 16.4. The Labute approximate surface area is 124 Å². The minimum absolute atomic E-state index is 0.0177. The molecule has 1 aromatic carbocycles. The fraction of sp³-hybridized carbons (Fsp3) is 0.500. The molecule has 5 nitrogen and oxygen atoms in total. The molecule has 1 aromatic rings. The second-order valence-corrected chi connectivity index (χ2v) is 5.94. The normalized spacial score (nSPS) is 27.8. The zero-order valence-electron chi connectivity index (χ0n) is 12.1. The molecule has 2 aliphatic heterocycles. The number of hydrogen-bond acceptors (Lipinski definition) is 3. The molecular weight excluding hydrogens is 268 g/mol. The third kappa shape index (κ3) is 2.53. The van der Waals surface area contributed by atoms with Crippen molar-refractivity contribution in [3.63, 3.8) is 0 Å². The number of carbonyl (C=O) groups is 2. The fourth-order valence-corrected chi connectivity index (χ4v) is 3.67. The maximum Gasteiger partial charge on any atom is 0.308 e. The molecule has 1 N–H and O–H groups in total. The number of rotatable bonds is 4. The first-order valence-corrected chi connectivity index (χ1v) is 7.38. The van der Waals surface area contributed by atoms with Gasteiger partial charge in [-0.05, 0) is 31.4 Å². The lowest BCUT2D eigenvalue weighted by Crippen LogP contribution is -2.42.